The second kappa shape index (κ2) is 5.86. The van der Waals surface area contributed by atoms with Crippen LogP contribution in [0.25, 0.3) is 0 Å². The van der Waals surface area contributed by atoms with Gasteiger partial charge in [0.25, 0.3) is 0 Å². The fraction of sp³-hybridized carbons (Fsp3) is 0.455. The minimum Gasteiger partial charge on any atom is -0.306 e. The summed E-state index contributed by atoms with van der Waals surface area (Å²) in [5, 5.41) is 3.17. The third-order valence-electron chi connectivity index (χ3n) is 2.51. The zero-order valence-corrected chi connectivity index (χ0v) is 9.80. The number of hydrogen-bond donors (Lipinski definition) is 2. The molecule has 2 rings (SSSR count). The zero-order valence-electron chi connectivity index (χ0n) is 8.98. The van der Waals surface area contributed by atoms with Crippen LogP contribution >= 0.6 is 11.9 Å². The van der Waals surface area contributed by atoms with E-state index in [1.807, 2.05) is 18.3 Å². The molecule has 2 N–H and O–H groups in total. The molecule has 0 spiro atoms. The summed E-state index contributed by atoms with van der Waals surface area (Å²) in [4.78, 5) is 15.6. The van der Waals surface area contributed by atoms with Gasteiger partial charge in [0.15, 0.2) is 0 Å². The fourth-order valence-electron chi connectivity index (χ4n) is 1.65. The summed E-state index contributed by atoms with van der Waals surface area (Å²) in [6.07, 6.45) is 5.59. The number of carbonyl (C=O) groups is 1. The second-order valence-electron chi connectivity index (χ2n) is 3.77. The molecule has 2 heterocycles. The van der Waals surface area contributed by atoms with Crippen LogP contribution in [0, 0.1) is 0 Å². The number of aromatic nitrogens is 1. The van der Waals surface area contributed by atoms with Crippen molar-refractivity contribution < 1.29 is 4.79 Å². The number of pyridine rings is 1. The van der Waals surface area contributed by atoms with E-state index in [1.54, 1.807) is 6.20 Å². The van der Waals surface area contributed by atoms with E-state index in [4.69, 9.17) is 0 Å². The molecule has 86 valence electrons. The van der Waals surface area contributed by atoms with Crippen molar-refractivity contribution in [2.75, 3.05) is 6.54 Å². The van der Waals surface area contributed by atoms with Gasteiger partial charge in [0.2, 0.25) is 5.91 Å². The van der Waals surface area contributed by atoms with E-state index in [1.165, 1.54) is 11.9 Å². The highest BCUT2D eigenvalue weighted by Crippen LogP contribution is 2.10. The van der Waals surface area contributed by atoms with Gasteiger partial charge in [0.05, 0.1) is 6.04 Å². The molecule has 0 saturated carbocycles. The quantitative estimate of drug-likeness (QED) is 0.770. The Hall–Kier alpha value is -1.07. The van der Waals surface area contributed by atoms with Gasteiger partial charge >= 0.3 is 0 Å². The third-order valence-corrected chi connectivity index (χ3v) is 3.33. The van der Waals surface area contributed by atoms with Crippen LogP contribution in [0.15, 0.2) is 24.5 Å². The van der Waals surface area contributed by atoms with Gasteiger partial charge in [-0.05, 0) is 43.0 Å². The lowest BCUT2D eigenvalue weighted by molar-refractivity contribution is -0.120. The Morgan fingerprint density at radius 1 is 1.69 bits per heavy atom. The van der Waals surface area contributed by atoms with Gasteiger partial charge < -0.3 is 5.32 Å². The zero-order chi connectivity index (χ0) is 11.2. The second-order valence-corrected chi connectivity index (χ2v) is 4.55. The van der Waals surface area contributed by atoms with E-state index in [0.717, 1.165) is 30.7 Å². The van der Waals surface area contributed by atoms with Crippen molar-refractivity contribution in [1.82, 2.24) is 15.0 Å². The summed E-state index contributed by atoms with van der Waals surface area (Å²) < 4.78 is 2.86. The average molecular weight is 237 g/mol. The molecule has 0 radical (unpaired) electrons. The summed E-state index contributed by atoms with van der Waals surface area (Å²) in [6.45, 7) is 0.950. The smallest absolute Gasteiger partial charge is 0.246 e. The number of nitrogens with zero attached hydrogens (tertiary/aromatic N) is 1. The van der Waals surface area contributed by atoms with Crippen molar-refractivity contribution in [2.45, 2.75) is 24.6 Å². The lowest BCUT2D eigenvalue weighted by Crippen LogP contribution is -2.37. The standard InChI is InChI=1S/C11H15N3OS/c15-11(10-4-2-6-13-10)14-16-8-9-3-1-5-12-7-9/h1,3,5,7,10,13H,2,4,6,8H2,(H,14,15)/t10-/m1/s1. The van der Waals surface area contributed by atoms with Crippen LogP contribution in [0.1, 0.15) is 18.4 Å². The van der Waals surface area contributed by atoms with Gasteiger partial charge in [-0.15, -0.1) is 0 Å². The van der Waals surface area contributed by atoms with E-state index >= 15 is 0 Å². The van der Waals surface area contributed by atoms with E-state index in [0.29, 0.717) is 0 Å². The van der Waals surface area contributed by atoms with Crippen LogP contribution in [0.2, 0.25) is 0 Å². The average Bonchev–Trinajstić information content (AvgIpc) is 2.84. The minimum absolute atomic E-state index is 0.00129. The highest BCUT2D eigenvalue weighted by atomic mass is 32.2. The number of amides is 1. The molecule has 0 unspecified atom stereocenters. The van der Waals surface area contributed by atoms with Gasteiger partial charge in [-0.1, -0.05) is 6.07 Å². The van der Waals surface area contributed by atoms with Crippen molar-refractivity contribution in [2.24, 2.45) is 0 Å². The van der Waals surface area contributed by atoms with Crippen molar-refractivity contribution in [1.29, 1.82) is 0 Å². The largest absolute Gasteiger partial charge is 0.306 e. The molecular weight excluding hydrogens is 222 g/mol. The Kier molecular flexibility index (Phi) is 4.18. The van der Waals surface area contributed by atoms with Crippen LogP contribution in [0.5, 0.6) is 0 Å². The van der Waals surface area contributed by atoms with Gasteiger partial charge in [0.1, 0.15) is 0 Å². The third kappa shape index (κ3) is 3.21. The van der Waals surface area contributed by atoms with Gasteiger partial charge in [-0.2, -0.15) is 0 Å². The highest BCUT2D eigenvalue weighted by molar-refractivity contribution is 7.97. The van der Waals surface area contributed by atoms with Gasteiger partial charge in [0, 0.05) is 18.1 Å². The monoisotopic (exact) mass is 237 g/mol. The molecule has 1 aliphatic rings. The molecule has 1 aromatic rings. The van der Waals surface area contributed by atoms with Crippen LogP contribution in [-0.4, -0.2) is 23.5 Å². The molecule has 1 fully saturated rings. The van der Waals surface area contributed by atoms with Crippen molar-refractivity contribution in [3.8, 4) is 0 Å². The molecular formula is C11H15N3OS. The Bertz CT molecular complexity index is 338. The molecule has 1 amide bonds. The molecule has 1 aliphatic heterocycles. The predicted molar refractivity (Wildman–Crippen MR) is 64.7 cm³/mol. The fourth-order valence-corrected chi connectivity index (χ4v) is 2.35. The molecule has 1 aromatic heterocycles. The van der Waals surface area contributed by atoms with Crippen LogP contribution < -0.4 is 10.0 Å². The van der Waals surface area contributed by atoms with Crippen LogP contribution in [-0.2, 0) is 10.5 Å². The van der Waals surface area contributed by atoms with Crippen LogP contribution in [0.3, 0.4) is 0 Å². The van der Waals surface area contributed by atoms with E-state index < -0.39 is 0 Å². The first-order valence-corrected chi connectivity index (χ1v) is 6.39. The van der Waals surface area contributed by atoms with E-state index in [9.17, 15) is 4.79 Å². The molecule has 1 saturated heterocycles. The molecule has 16 heavy (non-hydrogen) atoms. The summed E-state index contributed by atoms with van der Waals surface area (Å²) in [5.41, 5.74) is 1.12. The van der Waals surface area contributed by atoms with E-state index in [2.05, 4.69) is 15.0 Å². The van der Waals surface area contributed by atoms with Crippen molar-refractivity contribution in [3.05, 3.63) is 30.1 Å². The Morgan fingerprint density at radius 2 is 2.62 bits per heavy atom. The maximum Gasteiger partial charge on any atom is 0.246 e. The number of carbonyl (C=O) groups excluding carboxylic acids is 1. The lowest BCUT2D eigenvalue weighted by Gasteiger charge is -2.09. The molecule has 5 heteroatoms. The Labute approximate surface area is 99.4 Å². The first-order valence-electron chi connectivity index (χ1n) is 5.40. The normalized spacial score (nSPS) is 19.6. The summed E-state index contributed by atoms with van der Waals surface area (Å²) >= 11 is 1.42. The first kappa shape index (κ1) is 11.4. The SMILES string of the molecule is O=C(NSCc1cccnc1)[C@H]1CCCN1. The van der Waals surface area contributed by atoms with E-state index in [-0.39, 0.29) is 11.9 Å². The molecule has 0 bridgehead atoms. The highest BCUT2D eigenvalue weighted by Gasteiger charge is 2.21. The Morgan fingerprint density at radius 3 is 3.31 bits per heavy atom. The lowest BCUT2D eigenvalue weighted by atomic mass is 10.2. The van der Waals surface area contributed by atoms with Crippen molar-refractivity contribution >= 4 is 17.9 Å². The maximum absolute atomic E-state index is 11.6. The molecule has 0 aliphatic carbocycles. The first-order chi connectivity index (χ1) is 7.86. The Balaban J connectivity index is 1.70. The molecule has 0 aromatic carbocycles. The van der Waals surface area contributed by atoms with Gasteiger partial charge in [-0.3, -0.25) is 14.5 Å². The maximum atomic E-state index is 11.6. The summed E-state index contributed by atoms with van der Waals surface area (Å²) in [6, 6.07) is 3.90. The number of nitrogens with one attached hydrogen (secondary N) is 2. The summed E-state index contributed by atoms with van der Waals surface area (Å²) in [5.74, 6) is 0.846. The molecule has 4 nitrogen and oxygen atoms in total. The van der Waals surface area contributed by atoms with Crippen molar-refractivity contribution in [3.63, 3.8) is 0 Å². The number of rotatable bonds is 4. The number of hydrogen-bond acceptors (Lipinski definition) is 4. The molecule has 1 atom stereocenters. The summed E-state index contributed by atoms with van der Waals surface area (Å²) in [7, 11) is 0. The van der Waals surface area contributed by atoms with Crippen LogP contribution in [0.4, 0.5) is 0 Å². The minimum atomic E-state index is 0.00129. The van der Waals surface area contributed by atoms with Gasteiger partial charge in [-0.25, -0.2) is 0 Å². The topological polar surface area (TPSA) is 54.0 Å². The predicted octanol–water partition coefficient (Wildman–Crippen LogP) is 1.10.